The molecule has 3 N–H and O–H groups in total. The molecule has 7 nitrogen and oxygen atoms in total. The molecule has 3 aromatic rings. The van der Waals surface area contributed by atoms with Crippen LogP contribution in [0, 0.1) is 0 Å². The van der Waals surface area contributed by atoms with Crippen molar-refractivity contribution >= 4 is 11.6 Å². The number of hydrogen-bond donors (Lipinski definition) is 3. The number of carbonyl (C=O) groups is 1. The summed E-state index contributed by atoms with van der Waals surface area (Å²) in [5.41, 5.74) is 4.86. The molecule has 2 aromatic heterocycles. The van der Waals surface area contributed by atoms with Crippen LogP contribution in [0.25, 0.3) is 11.3 Å². The van der Waals surface area contributed by atoms with Gasteiger partial charge in [-0.15, -0.1) is 0 Å². The first-order valence-corrected chi connectivity index (χ1v) is 8.43. The Labute approximate surface area is 145 Å². The van der Waals surface area contributed by atoms with Gasteiger partial charge in [-0.25, -0.2) is 4.98 Å². The molecule has 128 valence electrons. The standard InChI is InChI=1S/C18H20N6O/c25-18(5-4-15-9-16-10-19-6-7-24(16)23-15)22-14-3-1-2-13(8-14)17-11-20-12-21-17/h1-3,8-9,11-12,19H,4-7,10H2,(H,20,21)(H,22,25). The first-order valence-electron chi connectivity index (χ1n) is 8.43. The maximum atomic E-state index is 12.2. The van der Waals surface area contributed by atoms with Gasteiger partial charge in [0.25, 0.3) is 0 Å². The van der Waals surface area contributed by atoms with Crippen molar-refractivity contribution in [2.75, 3.05) is 11.9 Å². The number of benzene rings is 1. The SMILES string of the molecule is O=C(CCc1cc2n(n1)CCNC2)Nc1cccc(-c2cnc[nH]2)c1. The third-order valence-electron chi connectivity index (χ3n) is 4.28. The quantitative estimate of drug-likeness (QED) is 0.664. The number of amides is 1. The molecule has 0 saturated heterocycles. The van der Waals surface area contributed by atoms with Gasteiger partial charge < -0.3 is 15.6 Å². The van der Waals surface area contributed by atoms with Crippen molar-refractivity contribution in [3.63, 3.8) is 0 Å². The molecule has 0 spiro atoms. The fraction of sp³-hybridized carbons (Fsp3) is 0.278. The number of imidazole rings is 1. The zero-order valence-electron chi connectivity index (χ0n) is 13.8. The van der Waals surface area contributed by atoms with Gasteiger partial charge in [-0.1, -0.05) is 12.1 Å². The second-order valence-corrected chi connectivity index (χ2v) is 6.12. The minimum Gasteiger partial charge on any atom is -0.345 e. The maximum Gasteiger partial charge on any atom is 0.224 e. The Morgan fingerprint density at radius 3 is 3.12 bits per heavy atom. The van der Waals surface area contributed by atoms with Crippen LogP contribution in [0.3, 0.4) is 0 Å². The normalized spacial score (nSPS) is 13.4. The molecule has 0 unspecified atom stereocenters. The summed E-state index contributed by atoms with van der Waals surface area (Å²) < 4.78 is 2.03. The number of aromatic nitrogens is 4. The molecular weight excluding hydrogens is 316 g/mol. The zero-order chi connectivity index (χ0) is 17.1. The van der Waals surface area contributed by atoms with E-state index in [1.54, 1.807) is 12.5 Å². The van der Waals surface area contributed by atoms with Crippen molar-refractivity contribution in [3.8, 4) is 11.3 Å². The highest BCUT2D eigenvalue weighted by Crippen LogP contribution is 2.20. The lowest BCUT2D eigenvalue weighted by atomic mass is 10.1. The van der Waals surface area contributed by atoms with E-state index in [1.807, 2.05) is 28.9 Å². The third-order valence-corrected chi connectivity index (χ3v) is 4.28. The molecule has 7 heteroatoms. The Hall–Kier alpha value is -2.93. The Morgan fingerprint density at radius 2 is 2.28 bits per heavy atom. The molecule has 1 amide bonds. The van der Waals surface area contributed by atoms with Crippen molar-refractivity contribution in [3.05, 3.63) is 54.2 Å². The number of anilines is 1. The lowest BCUT2D eigenvalue weighted by Crippen LogP contribution is -2.28. The number of aryl methyl sites for hydroxylation is 1. The number of carbonyl (C=O) groups excluding carboxylic acids is 1. The zero-order valence-corrected chi connectivity index (χ0v) is 13.8. The topological polar surface area (TPSA) is 87.6 Å². The van der Waals surface area contributed by atoms with Gasteiger partial charge in [0.2, 0.25) is 5.91 Å². The van der Waals surface area contributed by atoms with Crippen molar-refractivity contribution in [1.29, 1.82) is 0 Å². The Bertz CT molecular complexity index is 844. The number of hydrogen-bond acceptors (Lipinski definition) is 4. The highest BCUT2D eigenvalue weighted by atomic mass is 16.1. The van der Waals surface area contributed by atoms with E-state index in [1.165, 1.54) is 5.69 Å². The van der Waals surface area contributed by atoms with Gasteiger partial charge in [-0.05, 0) is 18.2 Å². The number of aromatic amines is 1. The summed E-state index contributed by atoms with van der Waals surface area (Å²) in [6, 6.07) is 9.80. The summed E-state index contributed by atoms with van der Waals surface area (Å²) in [7, 11) is 0. The Kier molecular flexibility index (Phi) is 4.30. The van der Waals surface area contributed by atoms with E-state index in [0.717, 1.165) is 42.3 Å². The van der Waals surface area contributed by atoms with Crippen molar-refractivity contribution in [2.45, 2.75) is 25.9 Å². The van der Waals surface area contributed by atoms with Crippen molar-refractivity contribution in [2.24, 2.45) is 0 Å². The van der Waals surface area contributed by atoms with Crippen LogP contribution in [0.2, 0.25) is 0 Å². The average molecular weight is 336 g/mol. The molecule has 0 fully saturated rings. The van der Waals surface area contributed by atoms with Crippen LogP contribution in [0.4, 0.5) is 5.69 Å². The van der Waals surface area contributed by atoms with Crippen molar-refractivity contribution < 1.29 is 4.79 Å². The molecule has 0 aliphatic carbocycles. The number of nitrogens with one attached hydrogen (secondary N) is 3. The lowest BCUT2D eigenvalue weighted by molar-refractivity contribution is -0.116. The van der Waals surface area contributed by atoms with E-state index in [2.05, 4.69) is 31.8 Å². The summed E-state index contributed by atoms with van der Waals surface area (Å²) in [6.07, 6.45) is 4.46. The van der Waals surface area contributed by atoms with E-state index in [-0.39, 0.29) is 5.91 Å². The molecule has 0 saturated carbocycles. The first kappa shape index (κ1) is 15.6. The van der Waals surface area contributed by atoms with Gasteiger partial charge in [0.1, 0.15) is 0 Å². The van der Waals surface area contributed by atoms with Crippen LogP contribution in [0.5, 0.6) is 0 Å². The fourth-order valence-electron chi connectivity index (χ4n) is 3.02. The van der Waals surface area contributed by atoms with Crippen LogP contribution in [-0.2, 0) is 24.3 Å². The van der Waals surface area contributed by atoms with Crippen molar-refractivity contribution in [1.82, 2.24) is 25.1 Å². The molecule has 0 radical (unpaired) electrons. The molecule has 3 heterocycles. The van der Waals surface area contributed by atoms with Crippen LogP contribution < -0.4 is 10.6 Å². The predicted molar refractivity (Wildman–Crippen MR) is 94.9 cm³/mol. The van der Waals surface area contributed by atoms with E-state index in [0.29, 0.717) is 12.8 Å². The molecule has 1 aromatic carbocycles. The summed E-state index contributed by atoms with van der Waals surface area (Å²) in [5, 5.41) is 10.8. The van der Waals surface area contributed by atoms with Gasteiger partial charge in [0.15, 0.2) is 0 Å². The summed E-state index contributed by atoms with van der Waals surface area (Å²) in [4.78, 5) is 19.3. The molecule has 1 aliphatic rings. The van der Waals surface area contributed by atoms with Gasteiger partial charge in [-0.3, -0.25) is 9.48 Å². The highest BCUT2D eigenvalue weighted by molar-refractivity contribution is 5.91. The average Bonchev–Trinajstić information content (AvgIpc) is 3.29. The molecule has 1 aliphatic heterocycles. The molecule has 0 bridgehead atoms. The van der Waals surface area contributed by atoms with E-state index in [4.69, 9.17) is 0 Å². The minimum atomic E-state index is -0.00847. The molecule has 0 atom stereocenters. The van der Waals surface area contributed by atoms with Crippen LogP contribution in [0.15, 0.2) is 42.9 Å². The Morgan fingerprint density at radius 1 is 1.32 bits per heavy atom. The minimum absolute atomic E-state index is 0.00847. The van der Waals surface area contributed by atoms with Gasteiger partial charge in [0, 0.05) is 37.2 Å². The number of nitrogens with zero attached hydrogens (tertiary/aromatic N) is 3. The number of H-pyrrole nitrogens is 1. The van der Waals surface area contributed by atoms with E-state index in [9.17, 15) is 4.79 Å². The largest absolute Gasteiger partial charge is 0.345 e. The van der Waals surface area contributed by atoms with Gasteiger partial charge in [-0.2, -0.15) is 5.10 Å². The summed E-state index contributed by atoms with van der Waals surface area (Å²) >= 11 is 0. The van der Waals surface area contributed by atoms with Gasteiger partial charge in [0.05, 0.1) is 36.2 Å². The predicted octanol–water partition coefficient (Wildman–Crippen LogP) is 1.95. The monoisotopic (exact) mass is 336 g/mol. The smallest absolute Gasteiger partial charge is 0.224 e. The van der Waals surface area contributed by atoms with Crippen LogP contribution in [0.1, 0.15) is 17.8 Å². The van der Waals surface area contributed by atoms with Crippen LogP contribution in [-0.4, -0.2) is 32.2 Å². The summed E-state index contributed by atoms with van der Waals surface area (Å²) in [5.74, 6) is -0.00847. The fourth-order valence-corrected chi connectivity index (χ4v) is 3.02. The Balaban J connectivity index is 1.36. The second kappa shape index (κ2) is 6.90. The van der Waals surface area contributed by atoms with E-state index < -0.39 is 0 Å². The highest BCUT2D eigenvalue weighted by Gasteiger charge is 2.12. The van der Waals surface area contributed by atoms with Crippen LogP contribution >= 0.6 is 0 Å². The number of fused-ring (bicyclic) bond motifs is 1. The number of rotatable bonds is 5. The van der Waals surface area contributed by atoms with Gasteiger partial charge >= 0.3 is 0 Å². The second-order valence-electron chi connectivity index (χ2n) is 6.12. The van der Waals surface area contributed by atoms with E-state index >= 15 is 0 Å². The third kappa shape index (κ3) is 3.61. The molecule has 25 heavy (non-hydrogen) atoms. The maximum absolute atomic E-state index is 12.2. The first-order chi connectivity index (χ1) is 12.3. The summed E-state index contributed by atoms with van der Waals surface area (Å²) in [6.45, 7) is 2.68. The molecule has 4 rings (SSSR count). The molecular formula is C18H20N6O. The lowest BCUT2D eigenvalue weighted by Gasteiger charge is -2.13.